The summed E-state index contributed by atoms with van der Waals surface area (Å²) in [5.74, 6) is -2.35. The van der Waals surface area contributed by atoms with Crippen molar-refractivity contribution in [3.8, 4) is 0 Å². The Bertz CT molecular complexity index is 808. The Labute approximate surface area is 156 Å². The minimum Gasteiger partial charge on any atom is -0.370 e. The third-order valence-electron chi connectivity index (χ3n) is 4.62. The lowest BCUT2D eigenvalue weighted by Crippen LogP contribution is -2.47. The van der Waals surface area contributed by atoms with Gasteiger partial charge in [-0.1, -0.05) is 18.2 Å². The molecule has 7 heteroatoms. The monoisotopic (exact) mass is 378 g/mol. The molecule has 0 N–H and O–H groups in total. The number of amides is 1. The minimum absolute atomic E-state index is 0.183. The number of carbonyl (C=O) groups excluding carboxylic acids is 1. The zero-order valence-electron chi connectivity index (χ0n) is 15.2. The van der Waals surface area contributed by atoms with Gasteiger partial charge in [0, 0.05) is 6.54 Å². The number of morpholine rings is 1. The lowest BCUT2D eigenvalue weighted by molar-refractivity contribution is -0.144. The van der Waals surface area contributed by atoms with Crippen molar-refractivity contribution in [2.75, 3.05) is 33.8 Å². The second kappa shape index (κ2) is 8.10. The van der Waals surface area contributed by atoms with Gasteiger partial charge in [-0.05, 0) is 43.9 Å². The second-order valence-corrected chi connectivity index (χ2v) is 6.70. The lowest BCUT2D eigenvalue weighted by atomic mass is 10.0. The standard InChI is InChI=1S/C20H21F3N2O2/c1-24(2)19(18-15(22)7-4-8-16(18)23)20(26)25-9-10-27-17(12-25)13-5-3-6-14(21)11-13/h3-8,11,17,19H,9-10,12H2,1-2H3/t17-,19+/m0/s1. The number of ether oxygens (including phenoxy) is 1. The highest BCUT2D eigenvalue weighted by molar-refractivity contribution is 5.83. The van der Waals surface area contributed by atoms with Gasteiger partial charge in [-0.2, -0.15) is 0 Å². The van der Waals surface area contributed by atoms with Gasteiger partial charge in [-0.25, -0.2) is 13.2 Å². The van der Waals surface area contributed by atoms with Gasteiger partial charge in [0.15, 0.2) is 0 Å². The first-order valence-electron chi connectivity index (χ1n) is 8.64. The molecule has 1 aliphatic rings. The number of carbonyl (C=O) groups is 1. The first-order valence-corrected chi connectivity index (χ1v) is 8.64. The number of benzene rings is 2. The Morgan fingerprint density at radius 3 is 2.44 bits per heavy atom. The normalized spacial score (nSPS) is 18.6. The molecule has 1 fully saturated rings. The average Bonchev–Trinajstić information content (AvgIpc) is 2.64. The maximum atomic E-state index is 14.3. The fourth-order valence-electron chi connectivity index (χ4n) is 3.31. The topological polar surface area (TPSA) is 32.8 Å². The quantitative estimate of drug-likeness (QED) is 0.818. The SMILES string of the molecule is CN(C)[C@@H](C(=O)N1CCO[C@H](c2cccc(F)c2)C1)c1c(F)cccc1F. The molecule has 2 atom stereocenters. The fraction of sp³-hybridized carbons (Fsp3) is 0.350. The summed E-state index contributed by atoms with van der Waals surface area (Å²) in [7, 11) is 3.19. The molecule has 1 saturated heterocycles. The van der Waals surface area contributed by atoms with Crippen molar-refractivity contribution in [1.29, 1.82) is 0 Å². The maximum absolute atomic E-state index is 14.3. The molecular formula is C20H21F3N2O2. The largest absolute Gasteiger partial charge is 0.370 e. The van der Waals surface area contributed by atoms with Gasteiger partial charge in [-0.3, -0.25) is 9.69 Å². The van der Waals surface area contributed by atoms with Gasteiger partial charge >= 0.3 is 0 Å². The van der Waals surface area contributed by atoms with Crippen molar-refractivity contribution < 1.29 is 22.7 Å². The molecule has 0 spiro atoms. The molecule has 0 saturated carbocycles. The highest BCUT2D eigenvalue weighted by atomic mass is 19.1. The van der Waals surface area contributed by atoms with E-state index >= 15 is 0 Å². The molecule has 1 heterocycles. The minimum atomic E-state index is -1.10. The van der Waals surface area contributed by atoms with E-state index in [-0.39, 0.29) is 24.5 Å². The van der Waals surface area contributed by atoms with E-state index in [1.807, 2.05) is 0 Å². The number of nitrogens with zero attached hydrogens (tertiary/aromatic N) is 2. The first kappa shape index (κ1) is 19.4. The molecule has 0 bridgehead atoms. The molecule has 3 rings (SSSR count). The number of likely N-dealkylation sites (N-methyl/N-ethyl adjacent to an activating group) is 1. The van der Waals surface area contributed by atoms with Crippen LogP contribution in [-0.4, -0.2) is 49.5 Å². The molecule has 4 nitrogen and oxygen atoms in total. The summed E-state index contributed by atoms with van der Waals surface area (Å²) in [6.07, 6.45) is -0.494. The average molecular weight is 378 g/mol. The van der Waals surface area contributed by atoms with Crippen LogP contribution in [0.2, 0.25) is 0 Å². The van der Waals surface area contributed by atoms with E-state index in [1.165, 1.54) is 28.0 Å². The van der Waals surface area contributed by atoms with Crippen LogP contribution in [-0.2, 0) is 9.53 Å². The zero-order chi connectivity index (χ0) is 19.6. The number of halogens is 3. The van der Waals surface area contributed by atoms with Crippen LogP contribution in [0.15, 0.2) is 42.5 Å². The lowest BCUT2D eigenvalue weighted by Gasteiger charge is -2.37. The molecule has 0 radical (unpaired) electrons. The Hall–Kier alpha value is -2.38. The van der Waals surface area contributed by atoms with E-state index in [2.05, 4.69) is 0 Å². The number of hydrogen-bond donors (Lipinski definition) is 0. The molecule has 2 aromatic carbocycles. The van der Waals surface area contributed by atoms with Crippen molar-refractivity contribution in [2.24, 2.45) is 0 Å². The summed E-state index contributed by atoms with van der Waals surface area (Å²) >= 11 is 0. The highest BCUT2D eigenvalue weighted by Crippen LogP contribution is 2.29. The van der Waals surface area contributed by atoms with Gasteiger partial charge in [0.1, 0.15) is 29.6 Å². The van der Waals surface area contributed by atoms with Crippen LogP contribution < -0.4 is 0 Å². The highest BCUT2D eigenvalue weighted by Gasteiger charge is 2.35. The summed E-state index contributed by atoms with van der Waals surface area (Å²) in [6.45, 7) is 0.737. The van der Waals surface area contributed by atoms with Crippen molar-refractivity contribution >= 4 is 5.91 Å². The fourth-order valence-corrected chi connectivity index (χ4v) is 3.31. The Morgan fingerprint density at radius 1 is 1.15 bits per heavy atom. The van der Waals surface area contributed by atoms with Crippen LogP contribution in [0.5, 0.6) is 0 Å². The maximum Gasteiger partial charge on any atom is 0.244 e. The third kappa shape index (κ3) is 4.14. The Kier molecular flexibility index (Phi) is 5.82. The second-order valence-electron chi connectivity index (χ2n) is 6.70. The van der Waals surface area contributed by atoms with Gasteiger partial charge in [0.05, 0.1) is 18.7 Å². The van der Waals surface area contributed by atoms with E-state index in [0.717, 1.165) is 12.1 Å². The predicted molar refractivity (Wildman–Crippen MR) is 94.5 cm³/mol. The molecule has 1 aliphatic heterocycles. The summed E-state index contributed by atoms with van der Waals surface area (Å²) in [5.41, 5.74) is 0.340. The molecule has 0 aromatic heterocycles. The first-order chi connectivity index (χ1) is 12.9. The summed E-state index contributed by atoms with van der Waals surface area (Å²) in [4.78, 5) is 16.1. The molecular weight excluding hydrogens is 357 g/mol. The van der Waals surface area contributed by atoms with Gasteiger partial charge in [-0.15, -0.1) is 0 Å². The van der Waals surface area contributed by atoms with E-state index in [1.54, 1.807) is 26.2 Å². The van der Waals surface area contributed by atoms with Crippen LogP contribution in [0, 0.1) is 17.5 Å². The summed E-state index contributed by atoms with van der Waals surface area (Å²) in [6, 6.07) is 8.43. The van der Waals surface area contributed by atoms with Gasteiger partial charge < -0.3 is 9.64 Å². The van der Waals surface area contributed by atoms with Crippen molar-refractivity contribution in [2.45, 2.75) is 12.1 Å². The van der Waals surface area contributed by atoms with Crippen LogP contribution in [0.1, 0.15) is 23.3 Å². The van der Waals surface area contributed by atoms with Gasteiger partial charge in [0.25, 0.3) is 0 Å². The van der Waals surface area contributed by atoms with Crippen molar-refractivity contribution in [3.05, 3.63) is 71.0 Å². The Morgan fingerprint density at radius 2 is 1.81 bits per heavy atom. The number of rotatable bonds is 4. The van der Waals surface area contributed by atoms with Crippen LogP contribution in [0.4, 0.5) is 13.2 Å². The number of hydrogen-bond acceptors (Lipinski definition) is 3. The van der Waals surface area contributed by atoms with E-state index in [0.29, 0.717) is 12.1 Å². The van der Waals surface area contributed by atoms with E-state index < -0.39 is 29.7 Å². The smallest absolute Gasteiger partial charge is 0.244 e. The molecule has 27 heavy (non-hydrogen) atoms. The molecule has 144 valence electrons. The molecule has 1 amide bonds. The summed E-state index contributed by atoms with van der Waals surface area (Å²) < 4.78 is 47.7. The van der Waals surface area contributed by atoms with Crippen LogP contribution in [0.25, 0.3) is 0 Å². The van der Waals surface area contributed by atoms with Crippen molar-refractivity contribution in [3.63, 3.8) is 0 Å². The zero-order valence-corrected chi connectivity index (χ0v) is 15.2. The molecule has 0 unspecified atom stereocenters. The predicted octanol–water partition coefficient (Wildman–Crippen LogP) is 3.31. The van der Waals surface area contributed by atoms with E-state index in [9.17, 15) is 18.0 Å². The van der Waals surface area contributed by atoms with Crippen molar-refractivity contribution in [1.82, 2.24) is 9.80 Å². The molecule has 2 aromatic rings. The summed E-state index contributed by atoms with van der Waals surface area (Å²) in [5, 5.41) is 0. The van der Waals surface area contributed by atoms with Crippen LogP contribution >= 0.6 is 0 Å². The van der Waals surface area contributed by atoms with E-state index in [4.69, 9.17) is 4.74 Å². The Balaban J connectivity index is 1.86. The molecule has 0 aliphatic carbocycles. The van der Waals surface area contributed by atoms with Crippen LogP contribution in [0.3, 0.4) is 0 Å². The van der Waals surface area contributed by atoms with Gasteiger partial charge in [0.2, 0.25) is 5.91 Å². The third-order valence-corrected chi connectivity index (χ3v) is 4.62.